The van der Waals surface area contributed by atoms with Gasteiger partial charge in [-0.1, -0.05) is 15.9 Å². The van der Waals surface area contributed by atoms with Crippen molar-refractivity contribution in [2.45, 2.75) is 6.04 Å². The number of hydrogen-bond acceptors (Lipinski definition) is 4. The van der Waals surface area contributed by atoms with E-state index in [9.17, 15) is 0 Å². The van der Waals surface area contributed by atoms with Gasteiger partial charge in [0.05, 0.1) is 6.04 Å². The van der Waals surface area contributed by atoms with Crippen LogP contribution in [0, 0.1) is 0 Å². The molecule has 0 saturated heterocycles. The summed E-state index contributed by atoms with van der Waals surface area (Å²) >= 11 is 5.20. The molecule has 5 heteroatoms. The van der Waals surface area contributed by atoms with E-state index in [0.29, 0.717) is 13.2 Å². The maximum atomic E-state index is 6.28. The first-order chi connectivity index (χ1) is 8.75. The van der Waals surface area contributed by atoms with Gasteiger partial charge in [0.1, 0.15) is 13.2 Å². The Kier molecular flexibility index (Phi) is 3.28. The first-order valence-electron chi connectivity index (χ1n) is 5.62. The molecule has 0 bridgehead atoms. The molecule has 0 saturated carbocycles. The van der Waals surface area contributed by atoms with Gasteiger partial charge in [0.15, 0.2) is 11.5 Å². The summed E-state index contributed by atoms with van der Waals surface area (Å²) in [6, 6.07) is 5.77. The number of benzene rings is 1. The van der Waals surface area contributed by atoms with Gasteiger partial charge in [-0.3, -0.25) is 0 Å². The summed E-state index contributed by atoms with van der Waals surface area (Å²) in [5.74, 6) is 1.54. The highest BCUT2D eigenvalue weighted by atomic mass is 79.9. The van der Waals surface area contributed by atoms with Crippen molar-refractivity contribution in [1.29, 1.82) is 0 Å². The first kappa shape index (κ1) is 12.0. The van der Waals surface area contributed by atoms with Crippen LogP contribution in [0.15, 0.2) is 33.4 Å². The fourth-order valence-corrected chi connectivity index (χ4v) is 3.22. The minimum absolute atomic E-state index is 0.151. The molecule has 3 rings (SSSR count). The average Bonchev–Trinajstić information content (AvgIpc) is 2.91. The van der Waals surface area contributed by atoms with Crippen LogP contribution in [0.2, 0.25) is 0 Å². The third-order valence-corrected chi connectivity index (χ3v) is 4.29. The minimum Gasteiger partial charge on any atom is -0.486 e. The van der Waals surface area contributed by atoms with E-state index in [1.807, 2.05) is 23.6 Å². The molecule has 18 heavy (non-hydrogen) atoms. The number of thiophene rings is 1. The molecular weight excluding hydrogens is 314 g/mol. The lowest BCUT2D eigenvalue weighted by molar-refractivity contribution is 0.171. The molecule has 0 fully saturated rings. The summed E-state index contributed by atoms with van der Waals surface area (Å²) < 4.78 is 12.1. The second-order valence-corrected chi connectivity index (χ2v) is 5.69. The van der Waals surface area contributed by atoms with Crippen molar-refractivity contribution in [3.8, 4) is 11.5 Å². The molecule has 1 unspecified atom stereocenters. The summed E-state index contributed by atoms with van der Waals surface area (Å²) in [4.78, 5) is 0. The fraction of sp³-hybridized carbons (Fsp3) is 0.231. The summed E-state index contributed by atoms with van der Waals surface area (Å²) in [6.45, 7) is 1.18. The van der Waals surface area contributed by atoms with Crippen molar-refractivity contribution in [2.24, 2.45) is 5.73 Å². The van der Waals surface area contributed by atoms with Gasteiger partial charge in [-0.2, -0.15) is 11.3 Å². The molecule has 1 aromatic heterocycles. The van der Waals surface area contributed by atoms with Crippen molar-refractivity contribution in [3.05, 3.63) is 44.6 Å². The molecule has 0 aliphatic carbocycles. The molecule has 1 aliphatic rings. The number of halogens is 1. The van der Waals surface area contributed by atoms with Crippen LogP contribution in [0.1, 0.15) is 17.2 Å². The predicted molar refractivity (Wildman–Crippen MR) is 75.5 cm³/mol. The Morgan fingerprint density at radius 2 is 1.94 bits per heavy atom. The van der Waals surface area contributed by atoms with Gasteiger partial charge in [-0.25, -0.2) is 0 Å². The fourth-order valence-electron chi connectivity index (χ4n) is 1.95. The Balaban J connectivity index is 2.01. The highest BCUT2D eigenvalue weighted by Gasteiger charge is 2.19. The Morgan fingerprint density at radius 1 is 1.22 bits per heavy atom. The van der Waals surface area contributed by atoms with Crippen LogP contribution in [0.4, 0.5) is 0 Å². The topological polar surface area (TPSA) is 44.5 Å². The quantitative estimate of drug-likeness (QED) is 0.921. The van der Waals surface area contributed by atoms with E-state index in [1.165, 1.54) is 0 Å². The van der Waals surface area contributed by atoms with E-state index in [1.54, 1.807) is 11.3 Å². The van der Waals surface area contributed by atoms with Crippen LogP contribution in [0.3, 0.4) is 0 Å². The number of fused-ring (bicyclic) bond motifs is 1. The maximum absolute atomic E-state index is 6.28. The van der Waals surface area contributed by atoms with Crippen molar-refractivity contribution in [1.82, 2.24) is 0 Å². The smallest absolute Gasteiger partial charge is 0.162 e. The minimum atomic E-state index is -0.151. The van der Waals surface area contributed by atoms with Gasteiger partial charge in [0.2, 0.25) is 0 Å². The zero-order valence-corrected chi connectivity index (χ0v) is 12.0. The molecule has 0 spiro atoms. The summed E-state index contributed by atoms with van der Waals surface area (Å²) in [6.07, 6.45) is 0. The molecule has 94 valence electrons. The van der Waals surface area contributed by atoms with Gasteiger partial charge in [-0.15, -0.1) is 0 Å². The monoisotopic (exact) mass is 325 g/mol. The Bertz CT molecular complexity index is 556. The molecule has 2 N–H and O–H groups in total. The summed E-state index contributed by atoms with van der Waals surface area (Å²) in [7, 11) is 0. The van der Waals surface area contributed by atoms with Gasteiger partial charge >= 0.3 is 0 Å². The van der Waals surface area contributed by atoms with E-state index in [4.69, 9.17) is 15.2 Å². The zero-order chi connectivity index (χ0) is 12.5. The lowest BCUT2D eigenvalue weighted by Gasteiger charge is -2.21. The zero-order valence-electron chi connectivity index (χ0n) is 9.56. The second kappa shape index (κ2) is 4.91. The normalized spacial score (nSPS) is 15.4. The lowest BCUT2D eigenvalue weighted by atomic mass is 10.0. The Hall–Kier alpha value is -1.04. The number of rotatable bonds is 2. The maximum Gasteiger partial charge on any atom is 0.162 e. The SMILES string of the molecule is NC(c1ccsc1)c1cc2c(cc1Br)OCCO2. The molecule has 3 nitrogen and oxygen atoms in total. The van der Waals surface area contributed by atoms with Crippen LogP contribution in [-0.2, 0) is 0 Å². The highest BCUT2D eigenvalue weighted by molar-refractivity contribution is 9.10. The molecular formula is C13H12BrNO2S. The predicted octanol–water partition coefficient (Wildman–Crippen LogP) is 3.33. The molecule has 1 aromatic carbocycles. The largest absolute Gasteiger partial charge is 0.486 e. The van der Waals surface area contributed by atoms with Gasteiger partial charge in [0, 0.05) is 4.47 Å². The third-order valence-electron chi connectivity index (χ3n) is 2.90. The number of hydrogen-bond donors (Lipinski definition) is 1. The molecule has 2 heterocycles. The van der Waals surface area contributed by atoms with Crippen molar-refractivity contribution >= 4 is 27.3 Å². The molecule has 1 aliphatic heterocycles. The lowest BCUT2D eigenvalue weighted by Crippen LogP contribution is -2.17. The average molecular weight is 326 g/mol. The van der Waals surface area contributed by atoms with Crippen LogP contribution in [0.5, 0.6) is 11.5 Å². The number of ether oxygens (including phenoxy) is 2. The Morgan fingerprint density at radius 3 is 2.61 bits per heavy atom. The Labute approximate surface area is 118 Å². The molecule has 0 radical (unpaired) electrons. The second-order valence-electron chi connectivity index (χ2n) is 4.05. The number of nitrogens with two attached hydrogens (primary N) is 1. The van der Waals surface area contributed by atoms with E-state index >= 15 is 0 Å². The van der Waals surface area contributed by atoms with Gasteiger partial charge in [0.25, 0.3) is 0 Å². The van der Waals surface area contributed by atoms with Crippen molar-refractivity contribution in [3.63, 3.8) is 0 Å². The van der Waals surface area contributed by atoms with E-state index in [0.717, 1.165) is 27.1 Å². The van der Waals surface area contributed by atoms with E-state index in [2.05, 4.69) is 21.3 Å². The van der Waals surface area contributed by atoms with Crippen LogP contribution in [0.25, 0.3) is 0 Å². The first-order valence-corrected chi connectivity index (χ1v) is 7.36. The summed E-state index contributed by atoms with van der Waals surface area (Å²) in [5, 5.41) is 4.09. The van der Waals surface area contributed by atoms with Crippen LogP contribution >= 0.6 is 27.3 Å². The molecule has 1 atom stereocenters. The highest BCUT2D eigenvalue weighted by Crippen LogP contribution is 2.38. The summed E-state index contributed by atoms with van der Waals surface area (Å²) in [5.41, 5.74) is 8.40. The molecule has 0 amide bonds. The van der Waals surface area contributed by atoms with Gasteiger partial charge in [-0.05, 0) is 40.1 Å². The third kappa shape index (κ3) is 2.13. The van der Waals surface area contributed by atoms with Gasteiger partial charge < -0.3 is 15.2 Å². The van der Waals surface area contributed by atoms with Crippen molar-refractivity contribution < 1.29 is 9.47 Å². The van der Waals surface area contributed by atoms with Crippen LogP contribution in [-0.4, -0.2) is 13.2 Å². The van der Waals surface area contributed by atoms with E-state index < -0.39 is 0 Å². The van der Waals surface area contributed by atoms with Crippen LogP contribution < -0.4 is 15.2 Å². The van der Waals surface area contributed by atoms with E-state index in [-0.39, 0.29) is 6.04 Å². The molecule has 2 aromatic rings. The van der Waals surface area contributed by atoms with Crippen molar-refractivity contribution in [2.75, 3.05) is 13.2 Å². The standard InChI is InChI=1S/C13H12BrNO2S/c14-10-6-12-11(16-2-3-17-12)5-9(10)13(15)8-1-4-18-7-8/h1,4-7,13H,2-3,15H2.